The number of ketones is 1. The van der Waals surface area contributed by atoms with Gasteiger partial charge >= 0.3 is 0 Å². The van der Waals surface area contributed by atoms with E-state index in [4.69, 9.17) is 9.47 Å². The monoisotopic (exact) mass is 396 g/mol. The average Bonchev–Trinajstić information content (AvgIpc) is 2.98. The van der Waals surface area contributed by atoms with Crippen LogP contribution in [0.2, 0.25) is 0 Å². The van der Waals surface area contributed by atoms with Crippen LogP contribution in [-0.2, 0) is 14.3 Å². The fourth-order valence-corrected chi connectivity index (χ4v) is 3.46. The van der Waals surface area contributed by atoms with Crippen molar-refractivity contribution in [2.45, 2.75) is 19.9 Å². The second-order valence-corrected chi connectivity index (χ2v) is 6.68. The highest BCUT2D eigenvalue weighted by Crippen LogP contribution is 2.39. The van der Waals surface area contributed by atoms with Gasteiger partial charge in [0.25, 0.3) is 11.7 Å². The quantitative estimate of drug-likeness (QED) is 0.440. The number of amides is 1. The Morgan fingerprint density at radius 3 is 2.55 bits per heavy atom. The average molecular weight is 396 g/mol. The lowest BCUT2D eigenvalue weighted by molar-refractivity contribution is -0.140. The van der Waals surface area contributed by atoms with Crippen LogP contribution in [-0.4, -0.2) is 53.5 Å². The number of benzene rings is 1. The van der Waals surface area contributed by atoms with E-state index in [0.717, 1.165) is 5.56 Å². The molecule has 3 rings (SSSR count). The van der Waals surface area contributed by atoms with Crippen LogP contribution >= 0.6 is 0 Å². The summed E-state index contributed by atoms with van der Waals surface area (Å²) in [5, 5.41) is 11.0. The van der Waals surface area contributed by atoms with Crippen LogP contribution in [0.25, 0.3) is 5.76 Å². The molecule has 1 aromatic carbocycles. The second-order valence-electron chi connectivity index (χ2n) is 6.68. The summed E-state index contributed by atoms with van der Waals surface area (Å²) in [5.41, 5.74) is 2.03. The molecule has 0 aliphatic carbocycles. The Morgan fingerprint density at radius 2 is 1.93 bits per heavy atom. The first-order valence-electron chi connectivity index (χ1n) is 9.40. The summed E-state index contributed by atoms with van der Waals surface area (Å²) in [4.78, 5) is 31.0. The van der Waals surface area contributed by atoms with Crippen molar-refractivity contribution in [3.05, 3.63) is 65.0 Å². The molecule has 7 nitrogen and oxygen atoms in total. The van der Waals surface area contributed by atoms with Gasteiger partial charge in [-0.2, -0.15) is 0 Å². The van der Waals surface area contributed by atoms with Crippen LogP contribution in [0.1, 0.15) is 29.7 Å². The number of carbonyl (C=O) groups is 2. The number of aliphatic hydroxyl groups excluding tert-OH is 1. The van der Waals surface area contributed by atoms with Crippen LogP contribution in [0.3, 0.4) is 0 Å². The third-order valence-electron chi connectivity index (χ3n) is 4.85. The van der Waals surface area contributed by atoms with Crippen LogP contribution in [0.5, 0.6) is 5.75 Å². The number of pyridine rings is 1. The maximum absolute atomic E-state index is 12.8. The molecule has 0 saturated carbocycles. The highest BCUT2D eigenvalue weighted by molar-refractivity contribution is 6.46. The van der Waals surface area contributed by atoms with Gasteiger partial charge in [-0.15, -0.1) is 0 Å². The predicted octanol–water partition coefficient (Wildman–Crippen LogP) is 2.86. The fraction of sp³-hybridized carbons (Fsp3) is 0.318. The minimum absolute atomic E-state index is 0.0564. The van der Waals surface area contributed by atoms with E-state index in [1.165, 1.54) is 12.0 Å². The van der Waals surface area contributed by atoms with Gasteiger partial charge in [0.1, 0.15) is 11.5 Å². The maximum atomic E-state index is 12.8. The summed E-state index contributed by atoms with van der Waals surface area (Å²) in [5.74, 6) is -0.883. The number of rotatable bonds is 7. The number of likely N-dealkylation sites (tertiary alicyclic amines) is 1. The summed E-state index contributed by atoms with van der Waals surface area (Å²) < 4.78 is 10.6. The Morgan fingerprint density at radius 1 is 1.21 bits per heavy atom. The number of aryl methyl sites for hydroxylation is 1. The fourth-order valence-electron chi connectivity index (χ4n) is 3.46. The van der Waals surface area contributed by atoms with Gasteiger partial charge in [0.15, 0.2) is 0 Å². The first kappa shape index (κ1) is 20.5. The summed E-state index contributed by atoms with van der Waals surface area (Å²) in [7, 11) is 1.53. The summed E-state index contributed by atoms with van der Waals surface area (Å²) in [6.45, 7) is 4.78. The van der Waals surface area contributed by atoms with E-state index in [1.54, 1.807) is 42.7 Å². The molecule has 152 valence electrons. The molecule has 0 spiro atoms. The standard InChI is InChI=1S/C22H24N2O5/c1-4-29-17-6-5-16(13-14(17)2)20(25)18-19(15-7-9-23-10-8-15)24(11-12-28-3)22(27)21(18)26/h5-10,13,19,25H,4,11-12H2,1-3H3/b20-18-. The van der Waals surface area contributed by atoms with Gasteiger partial charge in [-0.3, -0.25) is 14.6 Å². The van der Waals surface area contributed by atoms with Gasteiger partial charge in [0, 0.05) is 31.6 Å². The number of hydrogen-bond acceptors (Lipinski definition) is 6. The van der Waals surface area contributed by atoms with Gasteiger partial charge in [0.2, 0.25) is 0 Å². The Kier molecular flexibility index (Phi) is 6.29. The van der Waals surface area contributed by atoms with E-state index in [9.17, 15) is 14.7 Å². The van der Waals surface area contributed by atoms with Crippen molar-refractivity contribution in [2.24, 2.45) is 0 Å². The first-order chi connectivity index (χ1) is 14.0. The lowest BCUT2D eigenvalue weighted by atomic mass is 9.95. The number of nitrogens with zero attached hydrogens (tertiary/aromatic N) is 2. The Hall–Kier alpha value is -3.19. The van der Waals surface area contributed by atoms with Crippen LogP contribution in [0.4, 0.5) is 0 Å². The van der Waals surface area contributed by atoms with E-state index in [-0.39, 0.29) is 24.5 Å². The van der Waals surface area contributed by atoms with Gasteiger partial charge in [-0.1, -0.05) is 0 Å². The molecule has 1 aromatic heterocycles. The Balaban J connectivity index is 2.12. The summed E-state index contributed by atoms with van der Waals surface area (Å²) in [6.07, 6.45) is 3.18. The van der Waals surface area contributed by atoms with Gasteiger partial charge in [-0.25, -0.2) is 0 Å². The van der Waals surface area contributed by atoms with Crippen molar-refractivity contribution >= 4 is 17.4 Å². The topological polar surface area (TPSA) is 89.0 Å². The van der Waals surface area contributed by atoms with Crippen molar-refractivity contribution < 1.29 is 24.2 Å². The van der Waals surface area contributed by atoms with E-state index in [2.05, 4.69) is 4.98 Å². The van der Waals surface area contributed by atoms with E-state index in [1.807, 2.05) is 13.8 Å². The van der Waals surface area contributed by atoms with Crippen LogP contribution in [0, 0.1) is 6.92 Å². The molecule has 1 aliphatic heterocycles. The van der Waals surface area contributed by atoms with Crippen molar-refractivity contribution in [1.29, 1.82) is 0 Å². The van der Waals surface area contributed by atoms with Gasteiger partial charge in [-0.05, 0) is 55.3 Å². The molecule has 29 heavy (non-hydrogen) atoms. The van der Waals surface area contributed by atoms with Crippen LogP contribution in [0.15, 0.2) is 48.3 Å². The maximum Gasteiger partial charge on any atom is 0.295 e. The highest BCUT2D eigenvalue weighted by atomic mass is 16.5. The number of hydrogen-bond donors (Lipinski definition) is 1. The number of aromatic nitrogens is 1. The smallest absolute Gasteiger partial charge is 0.295 e. The number of Topliss-reactive ketones (excluding diaryl/α,β-unsaturated/α-hetero) is 1. The molecule has 1 fully saturated rings. The molecule has 1 saturated heterocycles. The molecule has 1 N–H and O–H groups in total. The SMILES string of the molecule is CCOc1ccc(/C(O)=C2/C(=O)C(=O)N(CCOC)C2c2ccncc2)cc1C. The molecule has 2 heterocycles. The molecular formula is C22H24N2O5. The molecular weight excluding hydrogens is 372 g/mol. The predicted molar refractivity (Wildman–Crippen MR) is 107 cm³/mol. The minimum atomic E-state index is -0.716. The highest BCUT2D eigenvalue weighted by Gasteiger charge is 2.45. The number of methoxy groups -OCH3 is 1. The molecule has 1 atom stereocenters. The molecule has 1 aliphatic rings. The molecule has 0 radical (unpaired) electrons. The molecule has 1 unspecified atom stereocenters. The molecule has 2 aromatic rings. The van der Waals surface area contributed by atoms with E-state index in [0.29, 0.717) is 23.5 Å². The van der Waals surface area contributed by atoms with Gasteiger partial charge in [0.05, 0.1) is 24.8 Å². The van der Waals surface area contributed by atoms with E-state index < -0.39 is 17.7 Å². The molecule has 7 heteroatoms. The van der Waals surface area contributed by atoms with Crippen molar-refractivity contribution in [2.75, 3.05) is 26.9 Å². The van der Waals surface area contributed by atoms with Crippen molar-refractivity contribution in [3.63, 3.8) is 0 Å². The number of aliphatic hydroxyl groups is 1. The molecule has 0 bridgehead atoms. The Labute approximate surface area is 169 Å². The second kappa shape index (κ2) is 8.87. The number of ether oxygens (including phenoxy) is 2. The summed E-state index contributed by atoms with van der Waals surface area (Å²) in [6, 6.07) is 7.92. The first-order valence-corrected chi connectivity index (χ1v) is 9.40. The third kappa shape index (κ3) is 4.00. The lowest BCUT2D eigenvalue weighted by Crippen LogP contribution is -2.32. The zero-order valence-electron chi connectivity index (χ0n) is 16.7. The lowest BCUT2D eigenvalue weighted by Gasteiger charge is -2.24. The minimum Gasteiger partial charge on any atom is -0.507 e. The van der Waals surface area contributed by atoms with Crippen molar-refractivity contribution in [3.8, 4) is 5.75 Å². The van der Waals surface area contributed by atoms with Gasteiger partial charge < -0.3 is 19.5 Å². The summed E-state index contributed by atoms with van der Waals surface area (Å²) >= 11 is 0. The molecule has 1 amide bonds. The third-order valence-corrected chi connectivity index (χ3v) is 4.85. The normalized spacial score (nSPS) is 18.3. The van der Waals surface area contributed by atoms with Crippen molar-refractivity contribution in [1.82, 2.24) is 9.88 Å². The Bertz CT molecular complexity index is 939. The van der Waals surface area contributed by atoms with Crippen LogP contribution < -0.4 is 4.74 Å². The largest absolute Gasteiger partial charge is 0.507 e. The number of carbonyl (C=O) groups excluding carboxylic acids is 2. The zero-order valence-corrected chi connectivity index (χ0v) is 16.7. The van der Waals surface area contributed by atoms with E-state index >= 15 is 0 Å². The zero-order chi connectivity index (χ0) is 21.0.